The van der Waals surface area contributed by atoms with Gasteiger partial charge in [-0.1, -0.05) is 24.3 Å². The molecule has 190 valence electrons. The third-order valence-electron chi connectivity index (χ3n) is 7.09. The number of likely N-dealkylation sites (tertiary alicyclic amines) is 2. The van der Waals surface area contributed by atoms with Crippen molar-refractivity contribution < 1.29 is 18.4 Å². The second kappa shape index (κ2) is 11.8. The Morgan fingerprint density at radius 3 is 2.20 bits per heavy atom. The highest BCUT2D eigenvalue weighted by Crippen LogP contribution is 2.33. The van der Waals surface area contributed by atoms with E-state index in [-0.39, 0.29) is 17.4 Å². The first-order chi connectivity index (χ1) is 16.6. The monoisotopic (exact) mass is 485 g/mol. The fraction of sp³-hybridized carbons (Fsp3) is 0.500. The van der Waals surface area contributed by atoms with E-state index in [2.05, 4.69) is 31.0 Å². The first-order valence-corrected chi connectivity index (χ1v) is 12.3. The maximum Gasteiger partial charge on any atom is 0.251 e. The van der Waals surface area contributed by atoms with Crippen molar-refractivity contribution in [2.75, 3.05) is 33.2 Å². The van der Waals surface area contributed by atoms with E-state index in [1.54, 1.807) is 18.0 Å². The van der Waals surface area contributed by atoms with Crippen molar-refractivity contribution in [2.24, 2.45) is 0 Å². The Hall–Kier alpha value is -2.80. The van der Waals surface area contributed by atoms with Crippen LogP contribution in [0.3, 0.4) is 0 Å². The lowest BCUT2D eigenvalue weighted by molar-refractivity contribution is -0.119. The fourth-order valence-corrected chi connectivity index (χ4v) is 4.97. The number of hydrogen-bond donors (Lipinski definition) is 1. The number of nitrogens with one attached hydrogen (secondary N) is 1. The van der Waals surface area contributed by atoms with Gasteiger partial charge in [-0.25, -0.2) is 8.78 Å². The molecule has 35 heavy (non-hydrogen) atoms. The van der Waals surface area contributed by atoms with E-state index in [1.807, 2.05) is 24.3 Å². The van der Waals surface area contributed by atoms with Crippen molar-refractivity contribution in [3.05, 3.63) is 70.8 Å². The zero-order valence-corrected chi connectivity index (χ0v) is 21.2. The first kappa shape index (κ1) is 26.8. The summed E-state index contributed by atoms with van der Waals surface area (Å²) in [5.74, 6) is -0.393. The molecule has 0 bridgehead atoms. The quantitative estimate of drug-likeness (QED) is 0.625. The number of nitrogens with zero attached hydrogens (tertiary/aromatic N) is 2. The molecule has 0 radical (unpaired) electrons. The van der Waals surface area contributed by atoms with Crippen molar-refractivity contribution in [1.82, 2.24) is 15.1 Å². The van der Waals surface area contributed by atoms with E-state index in [9.17, 15) is 18.4 Å². The predicted octanol–water partition coefficient (Wildman–Crippen LogP) is 4.93. The Kier molecular flexibility index (Phi) is 9.00. The van der Waals surface area contributed by atoms with Crippen molar-refractivity contribution in [3.8, 4) is 0 Å². The molecule has 2 aromatic carbocycles. The summed E-state index contributed by atoms with van der Waals surface area (Å²) in [5, 5.41) is 2.68. The molecule has 1 atom stereocenters. The molecule has 1 N–H and O–H groups in total. The maximum absolute atomic E-state index is 13.7. The molecule has 2 saturated heterocycles. The van der Waals surface area contributed by atoms with Gasteiger partial charge in [0.15, 0.2) is 0 Å². The molecule has 0 saturated carbocycles. The molecule has 1 unspecified atom stereocenters. The number of amides is 2. The van der Waals surface area contributed by atoms with Crippen molar-refractivity contribution in [3.63, 3.8) is 0 Å². The Balaban J connectivity index is 0.000000196. The molecule has 2 aliphatic rings. The number of halogens is 2. The molecule has 7 heteroatoms. The van der Waals surface area contributed by atoms with Gasteiger partial charge < -0.3 is 10.2 Å². The zero-order valence-electron chi connectivity index (χ0n) is 21.2. The summed E-state index contributed by atoms with van der Waals surface area (Å²) in [6.45, 7) is 9.87. The number of benzene rings is 2. The standard InChI is InChI=1S/C14H19F2N.C14H18N2O2/c1-14(2,3)17-7-6-10(9-17)12-5-4-11(15)8-13(12)16;1-15-14(18)13-5-3-2-4-12(13)11-6-8-16(10-17)9-7-11/h4-5,8,10H,6-7,9H2,1-3H3;2-5,10-11H,6-9H2,1H3,(H,15,18). The fourth-order valence-electron chi connectivity index (χ4n) is 4.97. The zero-order chi connectivity index (χ0) is 25.6. The SMILES string of the molecule is CC(C)(C)N1CCC(c2ccc(F)cc2F)C1.CNC(=O)c1ccccc1C1CCN(C=O)CC1. The molecule has 0 aliphatic carbocycles. The van der Waals surface area contributed by atoms with E-state index >= 15 is 0 Å². The third-order valence-corrected chi connectivity index (χ3v) is 7.09. The summed E-state index contributed by atoms with van der Waals surface area (Å²) in [4.78, 5) is 26.6. The van der Waals surface area contributed by atoms with Crippen LogP contribution in [0.5, 0.6) is 0 Å². The lowest BCUT2D eigenvalue weighted by Crippen LogP contribution is -2.39. The Morgan fingerprint density at radius 2 is 1.63 bits per heavy atom. The highest BCUT2D eigenvalue weighted by atomic mass is 19.1. The van der Waals surface area contributed by atoms with Crippen LogP contribution in [0.2, 0.25) is 0 Å². The Labute approximate surface area is 207 Å². The predicted molar refractivity (Wildman–Crippen MR) is 134 cm³/mol. The second-order valence-electron chi connectivity index (χ2n) is 10.4. The van der Waals surface area contributed by atoms with Crippen LogP contribution in [0, 0.1) is 11.6 Å². The minimum absolute atomic E-state index is 0.0385. The van der Waals surface area contributed by atoms with Gasteiger partial charge in [-0.05, 0) is 75.8 Å². The smallest absolute Gasteiger partial charge is 0.251 e. The van der Waals surface area contributed by atoms with Crippen LogP contribution < -0.4 is 5.32 Å². The van der Waals surface area contributed by atoms with Gasteiger partial charge in [0.1, 0.15) is 11.6 Å². The maximum atomic E-state index is 13.7. The van der Waals surface area contributed by atoms with Gasteiger partial charge in [0, 0.05) is 49.8 Å². The topological polar surface area (TPSA) is 52.7 Å². The van der Waals surface area contributed by atoms with Gasteiger partial charge in [-0.15, -0.1) is 0 Å². The third kappa shape index (κ3) is 6.88. The molecule has 2 heterocycles. The van der Waals surface area contributed by atoms with Crippen LogP contribution in [0.4, 0.5) is 8.78 Å². The first-order valence-electron chi connectivity index (χ1n) is 12.3. The molecule has 0 aromatic heterocycles. The highest BCUT2D eigenvalue weighted by molar-refractivity contribution is 5.95. The van der Waals surface area contributed by atoms with Gasteiger partial charge >= 0.3 is 0 Å². The number of carbonyl (C=O) groups is 2. The Morgan fingerprint density at radius 1 is 0.971 bits per heavy atom. The normalized spacial score (nSPS) is 19.1. The highest BCUT2D eigenvalue weighted by Gasteiger charge is 2.32. The van der Waals surface area contributed by atoms with Crippen LogP contribution in [0.1, 0.15) is 73.4 Å². The van der Waals surface area contributed by atoms with Crippen LogP contribution in [0.15, 0.2) is 42.5 Å². The lowest BCUT2D eigenvalue weighted by Gasteiger charge is -2.31. The Bertz CT molecular complexity index is 1010. The minimum Gasteiger partial charge on any atom is -0.355 e. The molecule has 4 rings (SSSR count). The summed E-state index contributed by atoms with van der Waals surface area (Å²) in [7, 11) is 1.65. The van der Waals surface area contributed by atoms with Crippen molar-refractivity contribution in [2.45, 2.75) is 57.4 Å². The number of piperidine rings is 1. The van der Waals surface area contributed by atoms with Crippen molar-refractivity contribution >= 4 is 12.3 Å². The van der Waals surface area contributed by atoms with Gasteiger partial charge in [0.25, 0.3) is 5.91 Å². The van der Waals surface area contributed by atoms with Gasteiger partial charge in [-0.2, -0.15) is 0 Å². The molecule has 2 aromatic rings. The average molecular weight is 486 g/mol. The molecule has 2 fully saturated rings. The van der Waals surface area contributed by atoms with Crippen LogP contribution in [0.25, 0.3) is 0 Å². The molecule has 2 aliphatic heterocycles. The summed E-state index contributed by atoms with van der Waals surface area (Å²) < 4.78 is 26.5. The van der Waals surface area contributed by atoms with Gasteiger partial charge in [-0.3, -0.25) is 14.5 Å². The molecular weight excluding hydrogens is 448 g/mol. The summed E-state index contributed by atoms with van der Waals surface area (Å²) in [6.07, 6.45) is 3.69. The molecule has 2 amide bonds. The summed E-state index contributed by atoms with van der Waals surface area (Å²) in [5.41, 5.74) is 2.62. The van der Waals surface area contributed by atoms with E-state index in [0.29, 0.717) is 11.5 Å². The van der Waals surface area contributed by atoms with Crippen LogP contribution in [-0.4, -0.2) is 60.9 Å². The molecule has 0 spiro atoms. The summed E-state index contributed by atoms with van der Waals surface area (Å²) in [6, 6.07) is 11.6. The van der Waals surface area contributed by atoms with E-state index in [1.165, 1.54) is 6.07 Å². The van der Waals surface area contributed by atoms with E-state index < -0.39 is 11.6 Å². The van der Waals surface area contributed by atoms with Gasteiger partial charge in [0.2, 0.25) is 6.41 Å². The average Bonchev–Trinajstić information content (AvgIpc) is 3.35. The number of carbonyl (C=O) groups excluding carboxylic acids is 2. The second-order valence-corrected chi connectivity index (χ2v) is 10.4. The number of rotatable bonds is 4. The number of hydrogen-bond acceptors (Lipinski definition) is 3. The van der Waals surface area contributed by atoms with Crippen molar-refractivity contribution in [1.29, 1.82) is 0 Å². The van der Waals surface area contributed by atoms with E-state index in [4.69, 9.17) is 0 Å². The minimum atomic E-state index is -0.503. The summed E-state index contributed by atoms with van der Waals surface area (Å²) >= 11 is 0. The van der Waals surface area contributed by atoms with Crippen LogP contribution in [-0.2, 0) is 4.79 Å². The van der Waals surface area contributed by atoms with E-state index in [0.717, 1.165) is 69.0 Å². The largest absolute Gasteiger partial charge is 0.355 e. The molecular formula is C28H37F2N3O2. The van der Waals surface area contributed by atoms with Crippen LogP contribution >= 0.6 is 0 Å². The van der Waals surface area contributed by atoms with Gasteiger partial charge in [0.05, 0.1) is 0 Å². The lowest BCUT2D eigenvalue weighted by atomic mass is 9.86. The molecule has 5 nitrogen and oxygen atoms in total.